The molecule has 4 aliphatic rings. The van der Waals surface area contributed by atoms with E-state index in [1.54, 1.807) is 5.57 Å². The Kier molecular flexibility index (Phi) is 6.03. The van der Waals surface area contributed by atoms with Gasteiger partial charge < -0.3 is 0 Å². The fourth-order valence-corrected chi connectivity index (χ4v) is 8.92. The largest absolute Gasteiger partial charge is 0.123 e. The Labute approximate surface area is 180 Å². The maximum Gasteiger partial charge on any atom is 0.0373 e. The van der Waals surface area contributed by atoms with Crippen LogP contribution in [0.15, 0.2) is 11.6 Å². The van der Waals surface area contributed by atoms with Crippen LogP contribution in [0.1, 0.15) is 105 Å². The minimum Gasteiger partial charge on any atom is -0.123 e. The van der Waals surface area contributed by atoms with Crippen molar-refractivity contribution in [3.8, 4) is 0 Å². The lowest BCUT2D eigenvalue weighted by Crippen LogP contribution is -2.50. The third kappa shape index (κ3) is 3.52. The smallest absolute Gasteiger partial charge is 0.0373 e. The van der Waals surface area contributed by atoms with E-state index < -0.39 is 0 Å². The number of rotatable bonds is 5. The summed E-state index contributed by atoms with van der Waals surface area (Å²) in [6.45, 7) is 12.7. The van der Waals surface area contributed by atoms with E-state index in [1.807, 2.05) is 0 Å². The first-order valence-corrected chi connectivity index (χ1v) is 13.0. The van der Waals surface area contributed by atoms with Gasteiger partial charge in [0.2, 0.25) is 0 Å². The lowest BCUT2D eigenvalue weighted by molar-refractivity contribution is -0.0498. The highest BCUT2D eigenvalue weighted by Crippen LogP contribution is 2.67. The van der Waals surface area contributed by atoms with Gasteiger partial charge in [-0.15, -0.1) is 11.6 Å². The molecule has 3 fully saturated rings. The fraction of sp³-hybridized carbons (Fsp3) is 0.926. The maximum absolute atomic E-state index is 6.56. The summed E-state index contributed by atoms with van der Waals surface area (Å²) in [4.78, 5) is 0. The second-order valence-corrected chi connectivity index (χ2v) is 12.7. The molecule has 160 valence electrons. The molecule has 0 aromatic rings. The predicted molar refractivity (Wildman–Crippen MR) is 123 cm³/mol. The molecule has 0 aromatic carbocycles. The average Bonchev–Trinajstić information content (AvgIpc) is 2.99. The van der Waals surface area contributed by atoms with Crippen LogP contribution in [0.4, 0.5) is 0 Å². The number of fused-ring (bicyclic) bond motifs is 5. The van der Waals surface area contributed by atoms with Crippen LogP contribution in [0.25, 0.3) is 0 Å². The first-order chi connectivity index (χ1) is 13.3. The second kappa shape index (κ2) is 7.94. The van der Waals surface area contributed by atoms with Crippen LogP contribution in [0.2, 0.25) is 0 Å². The van der Waals surface area contributed by atoms with Gasteiger partial charge in [0.05, 0.1) is 0 Å². The van der Waals surface area contributed by atoms with Crippen LogP contribution < -0.4 is 0 Å². The van der Waals surface area contributed by atoms with Crippen LogP contribution in [0, 0.1) is 46.3 Å². The molecule has 28 heavy (non-hydrogen) atoms. The molecule has 0 N–H and O–H groups in total. The molecule has 4 aliphatic carbocycles. The van der Waals surface area contributed by atoms with Crippen LogP contribution in [-0.4, -0.2) is 5.38 Å². The third-order valence-electron chi connectivity index (χ3n) is 10.2. The average molecular weight is 405 g/mol. The Balaban J connectivity index is 1.49. The first-order valence-electron chi connectivity index (χ1n) is 12.6. The van der Waals surface area contributed by atoms with E-state index in [2.05, 4.69) is 40.7 Å². The van der Waals surface area contributed by atoms with E-state index in [4.69, 9.17) is 11.6 Å². The molecule has 0 aliphatic heterocycles. The molecular formula is C27H45Cl. The van der Waals surface area contributed by atoms with E-state index in [1.165, 1.54) is 70.6 Å². The van der Waals surface area contributed by atoms with E-state index >= 15 is 0 Å². The minimum atomic E-state index is 0.396. The first kappa shape index (κ1) is 21.3. The summed E-state index contributed by atoms with van der Waals surface area (Å²) < 4.78 is 0. The van der Waals surface area contributed by atoms with Gasteiger partial charge in [0, 0.05) is 5.38 Å². The van der Waals surface area contributed by atoms with Crippen LogP contribution in [0.3, 0.4) is 0 Å². The molecule has 1 heteroatoms. The van der Waals surface area contributed by atoms with Crippen molar-refractivity contribution in [1.29, 1.82) is 0 Å². The normalized spacial score (nSPS) is 46.5. The van der Waals surface area contributed by atoms with Gasteiger partial charge >= 0.3 is 0 Å². The molecule has 3 saturated carbocycles. The number of hydrogen-bond donors (Lipinski definition) is 0. The molecular weight excluding hydrogens is 360 g/mol. The number of hydrogen-bond acceptors (Lipinski definition) is 0. The topological polar surface area (TPSA) is 0 Å². The quantitative estimate of drug-likeness (QED) is 0.317. The molecule has 0 radical (unpaired) electrons. The Hall–Kier alpha value is 0.0300. The molecule has 4 rings (SSSR count). The van der Waals surface area contributed by atoms with Crippen molar-refractivity contribution in [2.24, 2.45) is 46.3 Å². The Morgan fingerprint density at radius 3 is 2.54 bits per heavy atom. The van der Waals surface area contributed by atoms with Crippen LogP contribution >= 0.6 is 11.6 Å². The summed E-state index contributed by atoms with van der Waals surface area (Å²) in [5.74, 6) is 5.62. The van der Waals surface area contributed by atoms with Crippen molar-refractivity contribution in [1.82, 2.24) is 0 Å². The Bertz CT molecular complexity index is 591. The zero-order valence-corrected chi connectivity index (χ0v) is 20.0. The standard InChI is InChI=1S/C27H45Cl/c1-18(2)7-6-8-19(3)23-11-12-24-22-10-9-20-17-21(28)13-15-26(20,4)25(22)14-16-27(23,24)5/h9,18-19,21-25H,6-8,10-17H2,1-5H3/t19?,21?,22?,23?,24?,25?,26-,27+/m0/s1. The minimum absolute atomic E-state index is 0.396. The van der Waals surface area contributed by atoms with Crippen LogP contribution in [-0.2, 0) is 0 Å². The Morgan fingerprint density at radius 1 is 1.00 bits per heavy atom. The van der Waals surface area contributed by atoms with Crippen molar-refractivity contribution in [3.63, 3.8) is 0 Å². The molecule has 6 unspecified atom stereocenters. The molecule has 0 amide bonds. The zero-order chi connectivity index (χ0) is 20.1. The van der Waals surface area contributed by atoms with Crippen molar-refractivity contribution in [2.45, 2.75) is 111 Å². The van der Waals surface area contributed by atoms with Crippen molar-refractivity contribution >= 4 is 11.6 Å². The molecule has 0 saturated heterocycles. The van der Waals surface area contributed by atoms with Gasteiger partial charge in [0.15, 0.2) is 0 Å². The summed E-state index contributed by atoms with van der Waals surface area (Å²) in [7, 11) is 0. The van der Waals surface area contributed by atoms with Gasteiger partial charge in [0.1, 0.15) is 0 Å². The highest BCUT2D eigenvalue weighted by atomic mass is 35.5. The van der Waals surface area contributed by atoms with Gasteiger partial charge in [-0.2, -0.15) is 0 Å². The van der Waals surface area contributed by atoms with E-state index in [-0.39, 0.29) is 0 Å². The fourth-order valence-electron chi connectivity index (χ4n) is 8.64. The summed E-state index contributed by atoms with van der Waals surface area (Å²) in [6, 6.07) is 0. The maximum atomic E-state index is 6.56. The highest BCUT2D eigenvalue weighted by molar-refractivity contribution is 6.20. The van der Waals surface area contributed by atoms with Gasteiger partial charge in [-0.05, 0) is 97.7 Å². The van der Waals surface area contributed by atoms with Gasteiger partial charge in [-0.3, -0.25) is 0 Å². The number of alkyl halides is 1. The van der Waals surface area contributed by atoms with Crippen molar-refractivity contribution in [3.05, 3.63) is 11.6 Å². The van der Waals surface area contributed by atoms with E-state index in [9.17, 15) is 0 Å². The monoisotopic (exact) mass is 404 g/mol. The molecule has 0 bridgehead atoms. The molecule has 0 spiro atoms. The Morgan fingerprint density at radius 2 is 1.79 bits per heavy atom. The molecule has 0 nitrogen and oxygen atoms in total. The van der Waals surface area contributed by atoms with Crippen molar-refractivity contribution < 1.29 is 0 Å². The highest BCUT2D eigenvalue weighted by Gasteiger charge is 2.58. The zero-order valence-electron chi connectivity index (χ0n) is 19.3. The summed E-state index contributed by atoms with van der Waals surface area (Å²) >= 11 is 6.56. The predicted octanol–water partition coefficient (Wildman–Crippen LogP) is 8.64. The number of halogens is 1. The van der Waals surface area contributed by atoms with Gasteiger partial charge in [-0.25, -0.2) is 0 Å². The van der Waals surface area contributed by atoms with Crippen molar-refractivity contribution in [2.75, 3.05) is 0 Å². The second-order valence-electron chi connectivity index (χ2n) is 12.1. The third-order valence-corrected chi connectivity index (χ3v) is 10.6. The van der Waals surface area contributed by atoms with E-state index in [0.717, 1.165) is 35.5 Å². The van der Waals surface area contributed by atoms with Gasteiger partial charge in [0.25, 0.3) is 0 Å². The molecule has 8 atom stereocenters. The number of allylic oxidation sites excluding steroid dienone is 2. The van der Waals surface area contributed by atoms with Crippen LogP contribution in [0.5, 0.6) is 0 Å². The van der Waals surface area contributed by atoms with Gasteiger partial charge in [-0.1, -0.05) is 65.5 Å². The lowest BCUT2D eigenvalue weighted by Gasteiger charge is -2.58. The molecule has 0 heterocycles. The summed E-state index contributed by atoms with van der Waals surface area (Å²) in [5, 5.41) is 0.396. The SMILES string of the molecule is CC(C)CCCC(C)C1CCC2C3CC=C4CC(Cl)CC[C@]4(C)C3CC[C@]12C. The summed E-state index contributed by atoms with van der Waals surface area (Å²) in [6.07, 6.45) is 18.0. The lowest BCUT2D eigenvalue weighted by atomic mass is 9.47. The molecule has 0 aromatic heterocycles. The summed E-state index contributed by atoms with van der Waals surface area (Å²) in [5.41, 5.74) is 2.82. The van der Waals surface area contributed by atoms with E-state index in [0.29, 0.717) is 16.2 Å².